The quantitative estimate of drug-likeness (QED) is 0.645. The minimum absolute atomic E-state index is 0.204. The van der Waals surface area contributed by atoms with Crippen molar-refractivity contribution in [1.29, 1.82) is 0 Å². The molecule has 1 saturated carbocycles. The van der Waals surface area contributed by atoms with Crippen LogP contribution in [0.15, 0.2) is 22.7 Å². The summed E-state index contributed by atoms with van der Waals surface area (Å²) in [6.45, 7) is 0. The van der Waals surface area contributed by atoms with Crippen LogP contribution in [0.1, 0.15) is 54.4 Å². The van der Waals surface area contributed by atoms with Crippen molar-refractivity contribution in [2.45, 2.75) is 44.7 Å². The van der Waals surface area contributed by atoms with Gasteiger partial charge in [-0.05, 0) is 30.5 Å². The van der Waals surface area contributed by atoms with E-state index >= 15 is 0 Å². The Morgan fingerprint density at radius 3 is 2.50 bits per heavy atom. The van der Waals surface area contributed by atoms with E-state index in [1.165, 1.54) is 25.0 Å². The molecule has 0 bridgehead atoms. The highest BCUT2D eigenvalue weighted by molar-refractivity contribution is 9.10. The van der Waals surface area contributed by atoms with Gasteiger partial charge in [0.15, 0.2) is 5.78 Å². The van der Waals surface area contributed by atoms with E-state index in [0.29, 0.717) is 16.8 Å². The predicted octanol–water partition coefficient (Wildman–Crippen LogP) is 5.62. The third kappa shape index (κ3) is 3.84. The molecule has 0 spiro atoms. The minimum Gasteiger partial charge on any atom is -0.294 e. The Labute approximate surface area is 124 Å². The first-order valence-corrected chi connectivity index (χ1v) is 7.57. The standard InChI is InChI=1S/C15H16BrF3O/c16-11-6-7-12(13(9-11)15(17,18)19)14(20)8-5-10-3-1-2-4-10/h6-7,9-10H,1-5,8H2. The molecule has 0 heterocycles. The fourth-order valence-corrected chi connectivity index (χ4v) is 3.12. The van der Waals surface area contributed by atoms with E-state index in [-0.39, 0.29) is 12.0 Å². The maximum atomic E-state index is 13.0. The van der Waals surface area contributed by atoms with Crippen molar-refractivity contribution >= 4 is 21.7 Å². The van der Waals surface area contributed by atoms with Gasteiger partial charge in [-0.1, -0.05) is 41.6 Å². The highest BCUT2D eigenvalue weighted by atomic mass is 79.9. The number of hydrogen-bond donors (Lipinski definition) is 0. The lowest BCUT2D eigenvalue weighted by molar-refractivity contribution is -0.138. The SMILES string of the molecule is O=C(CCC1CCCC1)c1ccc(Br)cc1C(F)(F)F. The van der Waals surface area contributed by atoms with Crippen LogP contribution in [-0.2, 0) is 6.18 Å². The molecule has 0 unspecified atom stereocenters. The Kier molecular flexibility index (Phi) is 4.89. The Morgan fingerprint density at radius 1 is 1.25 bits per heavy atom. The maximum absolute atomic E-state index is 13.0. The van der Waals surface area contributed by atoms with Gasteiger partial charge in [-0.15, -0.1) is 0 Å². The van der Waals surface area contributed by atoms with E-state index in [9.17, 15) is 18.0 Å². The minimum atomic E-state index is -4.50. The summed E-state index contributed by atoms with van der Waals surface area (Å²) in [6, 6.07) is 3.73. The first kappa shape index (κ1) is 15.5. The molecule has 1 aromatic carbocycles. The van der Waals surface area contributed by atoms with Gasteiger partial charge in [-0.2, -0.15) is 13.2 Å². The highest BCUT2D eigenvalue weighted by Gasteiger charge is 2.35. The molecule has 0 aliphatic heterocycles. The van der Waals surface area contributed by atoms with E-state index in [4.69, 9.17) is 0 Å². The summed E-state index contributed by atoms with van der Waals surface area (Å²) < 4.78 is 39.2. The summed E-state index contributed by atoms with van der Waals surface area (Å²) >= 11 is 3.02. The van der Waals surface area contributed by atoms with Crippen LogP contribution in [0.3, 0.4) is 0 Å². The topological polar surface area (TPSA) is 17.1 Å². The largest absolute Gasteiger partial charge is 0.417 e. The fourth-order valence-electron chi connectivity index (χ4n) is 2.76. The monoisotopic (exact) mass is 348 g/mol. The second-order valence-electron chi connectivity index (χ2n) is 5.30. The first-order valence-electron chi connectivity index (χ1n) is 6.78. The molecule has 0 N–H and O–H groups in total. The lowest BCUT2D eigenvalue weighted by Crippen LogP contribution is -2.13. The summed E-state index contributed by atoms with van der Waals surface area (Å²) in [5, 5.41) is 0. The third-order valence-electron chi connectivity index (χ3n) is 3.84. The average Bonchev–Trinajstić information content (AvgIpc) is 2.88. The van der Waals surface area contributed by atoms with Crippen LogP contribution < -0.4 is 0 Å². The van der Waals surface area contributed by atoms with Gasteiger partial charge in [-0.3, -0.25) is 4.79 Å². The maximum Gasteiger partial charge on any atom is 0.417 e. The summed E-state index contributed by atoms with van der Waals surface area (Å²) in [5.74, 6) is 0.0976. The number of ketones is 1. The van der Waals surface area contributed by atoms with Gasteiger partial charge in [0, 0.05) is 16.5 Å². The molecule has 0 atom stereocenters. The molecule has 110 valence electrons. The number of alkyl halides is 3. The van der Waals surface area contributed by atoms with Crippen molar-refractivity contribution in [2.75, 3.05) is 0 Å². The number of halogens is 4. The summed E-state index contributed by atoms with van der Waals surface area (Å²) in [6.07, 6.45) is 0.944. The number of benzene rings is 1. The molecular weight excluding hydrogens is 333 g/mol. The van der Waals surface area contributed by atoms with Gasteiger partial charge in [0.1, 0.15) is 0 Å². The molecule has 0 saturated heterocycles. The number of carbonyl (C=O) groups excluding carboxylic acids is 1. The van der Waals surface area contributed by atoms with E-state index in [1.54, 1.807) is 0 Å². The molecule has 5 heteroatoms. The lowest BCUT2D eigenvalue weighted by Gasteiger charge is -2.13. The molecule has 20 heavy (non-hydrogen) atoms. The van der Waals surface area contributed by atoms with Gasteiger partial charge in [-0.25, -0.2) is 0 Å². The van der Waals surface area contributed by atoms with E-state index in [1.807, 2.05) is 0 Å². The summed E-state index contributed by atoms with van der Waals surface area (Å²) in [4.78, 5) is 12.1. The van der Waals surface area contributed by atoms with Crippen LogP contribution >= 0.6 is 15.9 Å². The molecule has 0 aromatic heterocycles. The van der Waals surface area contributed by atoms with Crippen molar-refractivity contribution in [3.8, 4) is 0 Å². The third-order valence-corrected chi connectivity index (χ3v) is 4.34. The van der Waals surface area contributed by atoms with E-state index in [2.05, 4.69) is 15.9 Å². The zero-order valence-electron chi connectivity index (χ0n) is 11.0. The Bertz CT molecular complexity index is 490. The number of carbonyl (C=O) groups is 1. The number of hydrogen-bond acceptors (Lipinski definition) is 1. The van der Waals surface area contributed by atoms with Crippen LogP contribution in [0, 0.1) is 5.92 Å². The second kappa shape index (κ2) is 6.29. The molecule has 1 aromatic rings. The molecule has 1 aliphatic rings. The predicted molar refractivity (Wildman–Crippen MR) is 74.7 cm³/mol. The molecule has 0 radical (unpaired) electrons. The van der Waals surface area contributed by atoms with Crippen molar-refractivity contribution < 1.29 is 18.0 Å². The highest BCUT2D eigenvalue weighted by Crippen LogP contribution is 2.35. The fraction of sp³-hybridized carbons (Fsp3) is 0.533. The van der Waals surface area contributed by atoms with Crippen LogP contribution in [0.5, 0.6) is 0 Å². The molecule has 1 nitrogen and oxygen atoms in total. The lowest BCUT2D eigenvalue weighted by atomic mass is 9.95. The number of rotatable bonds is 4. The second-order valence-corrected chi connectivity index (χ2v) is 6.22. The Hall–Kier alpha value is -0.840. The van der Waals surface area contributed by atoms with Crippen molar-refractivity contribution in [3.63, 3.8) is 0 Å². The van der Waals surface area contributed by atoms with Gasteiger partial charge < -0.3 is 0 Å². The Balaban J connectivity index is 2.12. The molecule has 1 aliphatic carbocycles. The summed E-state index contributed by atoms with van der Waals surface area (Å²) in [5.41, 5.74) is -1.05. The van der Waals surface area contributed by atoms with E-state index < -0.39 is 17.5 Å². The van der Waals surface area contributed by atoms with Crippen molar-refractivity contribution in [1.82, 2.24) is 0 Å². The summed E-state index contributed by atoms with van der Waals surface area (Å²) in [7, 11) is 0. The molecular formula is C15H16BrF3O. The normalized spacial score (nSPS) is 16.6. The van der Waals surface area contributed by atoms with Gasteiger partial charge in [0.05, 0.1) is 5.56 Å². The van der Waals surface area contributed by atoms with Crippen molar-refractivity contribution in [3.05, 3.63) is 33.8 Å². The molecule has 2 rings (SSSR count). The Morgan fingerprint density at radius 2 is 1.90 bits per heavy atom. The van der Waals surface area contributed by atoms with Gasteiger partial charge in [0.25, 0.3) is 0 Å². The van der Waals surface area contributed by atoms with E-state index in [0.717, 1.165) is 18.9 Å². The zero-order valence-corrected chi connectivity index (χ0v) is 12.6. The first-order chi connectivity index (χ1) is 9.38. The van der Waals surface area contributed by atoms with Crippen LogP contribution in [-0.4, -0.2) is 5.78 Å². The van der Waals surface area contributed by atoms with Crippen LogP contribution in [0.2, 0.25) is 0 Å². The number of Topliss-reactive ketones (excluding diaryl/α,β-unsaturated/α-hetero) is 1. The van der Waals surface area contributed by atoms with Crippen LogP contribution in [0.25, 0.3) is 0 Å². The van der Waals surface area contributed by atoms with Gasteiger partial charge in [0.2, 0.25) is 0 Å². The molecule has 0 amide bonds. The smallest absolute Gasteiger partial charge is 0.294 e. The van der Waals surface area contributed by atoms with Crippen LogP contribution in [0.4, 0.5) is 13.2 Å². The molecule has 1 fully saturated rings. The zero-order chi connectivity index (χ0) is 14.8. The van der Waals surface area contributed by atoms with Crippen molar-refractivity contribution in [2.24, 2.45) is 5.92 Å². The van der Waals surface area contributed by atoms with Gasteiger partial charge >= 0.3 is 6.18 Å². The average molecular weight is 349 g/mol.